The van der Waals surface area contributed by atoms with Gasteiger partial charge >= 0.3 is 0 Å². The highest BCUT2D eigenvalue weighted by atomic mass is 32.2. The van der Waals surface area contributed by atoms with Crippen LogP contribution in [-0.2, 0) is 10.5 Å². The van der Waals surface area contributed by atoms with Crippen molar-refractivity contribution >= 4 is 23.4 Å². The van der Waals surface area contributed by atoms with E-state index in [1.54, 1.807) is 11.8 Å². The van der Waals surface area contributed by atoms with Crippen molar-refractivity contribution in [1.29, 1.82) is 0 Å². The summed E-state index contributed by atoms with van der Waals surface area (Å²) in [6.45, 7) is 6.00. The Bertz CT molecular complexity index is 939. The zero-order valence-corrected chi connectivity index (χ0v) is 18.0. The molecule has 150 valence electrons. The summed E-state index contributed by atoms with van der Waals surface area (Å²) in [4.78, 5) is 13.9. The Hall–Kier alpha value is -2.72. The molecule has 0 saturated carbocycles. The van der Waals surface area contributed by atoms with Crippen molar-refractivity contribution in [1.82, 2.24) is 0 Å². The second-order valence-electron chi connectivity index (χ2n) is 7.07. The van der Waals surface area contributed by atoms with Crippen LogP contribution >= 0.6 is 11.8 Å². The van der Waals surface area contributed by atoms with Gasteiger partial charge in [-0.05, 0) is 61.7 Å². The molecular formula is C25H27NO2S. The first-order valence-electron chi connectivity index (χ1n) is 9.86. The summed E-state index contributed by atoms with van der Waals surface area (Å²) in [5, 5.41) is 2.97. The van der Waals surface area contributed by atoms with Crippen LogP contribution in [0.15, 0.2) is 77.7 Å². The van der Waals surface area contributed by atoms with Crippen molar-refractivity contribution in [3.63, 3.8) is 0 Å². The van der Waals surface area contributed by atoms with Gasteiger partial charge in [0.25, 0.3) is 5.91 Å². The van der Waals surface area contributed by atoms with Crippen LogP contribution in [0.5, 0.6) is 5.75 Å². The molecule has 0 radical (unpaired) electrons. The summed E-state index contributed by atoms with van der Waals surface area (Å²) >= 11 is 1.80. The fraction of sp³-hybridized carbons (Fsp3) is 0.240. The Labute approximate surface area is 177 Å². The molecule has 1 atom stereocenters. The van der Waals surface area contributed by atoms with Crippen LogP contribution in [0.25, 0.3) is 0 Å². The van der Waals surface area contributed by atoms with Crippen LogP contribution < -0.4 is 10.1 Å². The molecule has 0 bridgehead atoms. The summed E-state index contributed by atoms with van der Waals surface area (Å²) < 4.78 is 5.98. The van der Waals surface area contributed by atoms with E-state index in [1.807, 2.05) is 63.2 Å². The number of thioether (sulfide) groups is 1. The molecule has 0 saturated heterocycles. The minimum absolute atomic E-state index is 0.126. The average Bonchev–Trinajstić information content (AvgIpc) is 2.73. The van der Waals surface area contributed by atoms with Gasteiger partial charge in [0.05, 0.1) is 0 Å². The van der Waals surface area contributed by atoms with Crippen LogP contribution in [0.4, 0.5) is 5.69 Å². The highest BCUT2D eigenvalue weighted by molar-refractivity contribution is 7.98. The van der Waals surface area contributed by atoms with E-state index in [-0.39, 0.29) is 5.91 Å². The Morgan fingerprint density at radius 1 is 1.00 bits per heavy atom. The second kappa shape index (κ2) is 10.2. The molecule has 3 aromatic carbocycles. The zero-order chi connectivity index (χ0) is 20.6. The fourth-order valence-corrected chi connectivity index (χ4v) is 3.87. The number of anilines is 1. The molecule has 0 spiro atoms. The average molecular weight is 406 g/mol. The third-order valence-electron chi connectivity index (χ3n) is 4.63. The molecule has 0 aromatic heterocycles. The lowest BCUT2D eigenvalue weighted by atomic mass is 10.1. The summed E-state index contributed by atoms with van der Waals surface area (Å²) in [7, 11) is 0. The normalized spacial score (nSPS) is 11.7. The van der Waals surface area contributed by atoms with E-state index < -0.39 is 6.10 Å². The predicted octanol–water partition coefficient (Wildman–Crippen LogP) is 6.39. The Kier molecular flexibility index (Phi) is 7.36. The Balaban J connectivity index is 1.57. The maximum Gasteiger partial charge on any atom is 0.265 e. The van der Waals surface area contributed by atoms with Gasteiger partial charge < -0.3 is 10.1 Å². The summed E-state index contributed by atoms with van der Waals surface area (Å²) in [6.07, 6.45) is 0.0787. The number of hydrogen-bond acceptors (Lipinski definition) is 3. The minimum atomic E-state index is -0.523. The van der Waals surface area contributed by atoms with Crippen molar-refractivity contribution in [3.05, 3.63) is 89.5 Å². The number of carbonyl (C=O) groups is 1. The lowest BCUT2D eigenvalue weighted by Crippen LogP contribution is -2.32. The number of benzene rings is 3. The van der Waals surface area contributed by atoms with Crippen molar-refractivity contribution in [2.24, 2.45) is 0 Å². The van der Waals surface area contributed by atoms with Crippen LogP contribution in [0.3, 0.4) is 0 Å². The van der Waals surface area contributed by atoms with Gasteiger partial charge in [-0.1, -0.05) is 55.0 Å². The van der Waals surface area contributed by atoms with Crippen LogP contribution in [0.2, 0.25) is 0 Å². The van der Waals surface area contributed by atoms with Gasteiger partial charge in [-0.25, -0.2) is 0 Å². The smallest absolute Gasteiger partial charge is 0.265 e. The molecule has 3 aromatic rings. The summed E-state index contributed by atoms with van der Waals surface area (Å²) in [6, 6.07) is 24.3. The van der Waals surface area contributed by atoms with E-state index in [1.165, 1.54) is 16.0 Å². The van der Waals surface area contributed by atoms with Crippen molar-refractivity contribution in [2.45, 2.75) is 43.9 Å². The standard InChI is InChI=1S/C25H27NO2S/c1-4-23(28-24-15-10-18(2)16-19(24)3)25(27)26-21-13-11-20(12-14-21)17-29-22-8-6-5-7-9-22/h5-16,23H,4,17H2,1-3H3,(H,26,27). The van der Waals surface area contributed by atoms with Gasteiger partial charge in [-0.2, -0.15) is 0 Å². The molecule has 3 nitrogen and oxygen atoms in total. The van der Waals surface area contributed by atoms with Gasteiger partial charge in [0.2, 0.25) is 0 Å². The maximum absolute atomic E-state index is 12.7. The fourth-order valence-electron chi connectivity index (χ4n) is 3.00. The van der Waals surface area contributed by atoms with Gasteiger partial charge in [-0.15, -0.1) is 11.8 Å². The molecular weight excluding hydrogens is 378 g/mol. The highest BCUT2D eigenvalue weighted by Gasteiger charge is 2.19. The molecule has 0 aliphatic heterocycles. The molecule has 0 heterocycles. The van der Waals surface area contributed by atoms with Gasteiger partial charge in [0.15, 0.2) is 6.10 Å². The molecule has 1 amide bonds. The molecule has 1 unspecified atom stereocenters. The first-order valence-corrected chi connectivity index (χ1v) is 10.9. The molecule has 1 N–H and O–H groups in total. The van der Waals surface area contributed by atoms with Crippen LogP contribution in [-0.4, -0.2) is 12.0 Å². The monoisotopic (exact) mass is 405 g/mol. The van der Waals surface area contributed by atoms with Crippen molar-refractivity contribution < 1.29 is 9.53 Å². The van der Waals surface area contributed by atoms with Crippen LogP contribution in [0, 0.1) is 13.8 Å². The van der Waals surface area contributed by atoms with Gasteiger partial charge in [0.1, 0.15) is 5.75 Å². The molecule has 4 heteroatoms. The number of amides is 1. The highest BCUT2D eigenvalue weighted by Crippen LogP contribution is 2.24. The van der Waals surface area contributed by atoms with E-state index in [4.69, 9.17) is 4.74 Å². The molecule has 29 heavy (non-hydrogen) atoms. The number of ether oxygens (including phenoxy) is 1. The largest absolute Gasteiger partial charge is 0.480 e. The molecule has 3 rings (SSSR count). The number of carbonyl (C=O) groups excluding carboxylic acids is 1. The van der Waals surface area contributed by atoms with Gasteiger partial charge in [-0.3, -0.25) is 4.79 Å². The van der Waals surface area contributed by atoms with E-state index in [0.29, 0.717) is 6.42 Å². The van der Waals surface area contributed by atoms with E-state index in [0.717, 1.165) is 22.8 Å². The number of aryl methyl sites for hydroxylation is 2. The first kappa shape index (κ1) is 21.0. The van der Waals surface area contributed by atoms with E-state index >= 15 is 0 Å². The Morgan fingerprint density at radius 2 is 1.72 bits per heavy atom. The second-order valence-corrected chi connectivity index (χ2v) is 8.12. The lowest BCUT2D eigenvalue weighted by molar-refractivity contribution is -0.122. The number of hydrogen-bond donors (Lipinski definition) is 1. The lowest BCUT2D eigenvalue weighted by Gasteiger charge is -2.19. The maximum atomic E-state index is 12.7. The van der Waals surface area contributed by atoms with Crippen molar-refractivity contribution in [3.8, 4) is 5.75 Å². The summed E-state index contributed by atoms with van der Waals surface area (Å²) in [5.41, 5.74) is 4.22. The summed E-state index contributed by atoms with van der Waals surface area (Å²) in [5.74, 6) is 1.52. The molecule has 0 aliphatic rings. The minimum Gasteiger partial charge on any atom is -0.480 e. The van der Waals surface area contributed by atoms with E-state index in [2.05, 4.69) is 35.6 Å². The van der Waals surface area contributed by atoms with E-state index in [9.17, 15) is 4.79 Å². The third kappa shape index (κ3) is 6.13. The third-order valence-corrected chi connectivity index (χ3v) is 5.72. The van der Waals surface area contributed by atoms with Gasteiger partial charge in [0, 0.05) is 16.3 Å². The quantitative estimate of drug-likeness (QED) is 0.441. The topological polar surface area (TPSA) is 38.3 Å². The number of nitrogens with one attached hydrogen (secondary N) is 1. The van der Waals surface area contributed by atoms with Crippen LogP contribution in [0.1, 0.15) is 30.0 Å². The molecule has 0 fully saturated rings. The predicted molar refractivity (Wildman–Crippen MR) is 122 cm³/mol. The Morgan fingerprint density at radius 3 is 2.38 bits per heavy atom. The zero-order valence-electron chi connectivity index (χ0n) is 17.1. The first-order chi connectivity index (χ1) is 14.0. The number of rotatable bonds is 8. The SMILES string of the molecule is CCC(Oc1ccc(C)cc1C)C(=O)Nc1ccc(CSc2ccccc2)cc1. The molecule has 0 aliphatic carbocycles. The van der Waals surface area contributed by atoms with Crippen molar-refractivity contribution in [2.75, 3.05) is 5.32 Å².